The maximum absolute atomic E-state index is 9.76. The number of rotatable bonds is 1. The van der Waals surface area contributed by atoms with Crippen LogP contribution in [-0.4, -0.2) is 16.1 Å². The Morgan fingerprint density at radius 1 is 1.83 bits per heavy atom. The SMILES string of the molecule is NC(=O)C=C[SiH3]. The molecule has 0 rings (SSSR count). The highest BCUT2D eigenvalue weighted by Crippen LogP contribution is 1.57. The first kappa shape index (κ1) is 5.43. The van der Waals surface area contributed by atoms with Crippen molar-refractivity contribution in [2.24, 2.45) is 5.73 Å². The van der Waals surface area contributed by atoms with Crippen LogP contribution >= 0.6 is 0 Å². The second-order valence-electron chi connectivity index (χ2n) is 0.902. The van der Waals surface area contributed by atoms with Crippen molar-refractivity contribution in [3.05, 3.63) is 11.8 Å². The molecular weight excluding hydrogens is 94.1 g/mol. The Morgan fingerprint density at radius 2 is 2.33 bits per heavy atom. The first-order valence-corrected chi connectivity index (χ1v) is 2.85. The van der Waals surface area contributed by atoms with Gasteiger partial charge in [0.1, 0.15) is 0 Å². The quantitative estimate of drug-likeness (QED) is 0.312. The first-order chi connectivity index (χ1) is 2.77. The van der Waals surface area contributed by atoms with Crippen molar-refractivity contribution in [1.29, 1.82) is 0 Å². The van der Waals surface area contributed by atoms with Gasteiger partial charge in [-0.05, 0) is 6.08 Å². The Balaban J connectivity index is 3.30. The lowest BCUT2D eigenvalue weighted by atomic mass is 10.6. The van der Waals surface area contributed by atoms with Crippen molar-refractivity contribution in [1.82, 2.24) is 0 Å². The molecular formula is C3H7NOSi. The lowest BCUT2D eigenvalue weighted by Crippen LogP contribution is -2.04. The van der Waals surface area contributed by atoms with E-state index in [0.717, 1.165) is 10.2 Å². The third-order valence-corrected chi connectivity index (χ3v) is 0.664. The van der Waals surface area contributed by atoms with E-state index in [1.165, 1.54) is 6.08 Å². The molecule has 0 radical (unpaired) electrons. The van der Waals surface area contributed by atoms with E-state index in [0.29, 0.717) is 0 Å². The number of hydrogen-bond donors (Lipinski definition) is 1. The summed E-state index contributed by atoms with van der Waals surface area (Å²) in [4.78, 5) is 9.76. The molecule has 0 spiro atoms. The number of nitrogens with two attached hydrogens (primary N) is 1. The van der Waals surface area contributed by atoms with Gasteiger partial charge in [-0.2, -0.15) is 0 Å². The maximum Gasteiger partial charge on any atom is 0.240 e. The Labute approximate surface area is 39.5 Å². The Morgan fingerprint density at radius 3 is 2.33 bits per heavy atom. The van der Waals surface area contributed by atoms with Gasteiger partial charge in [-0.3, -0.25) is 4.79 Å². The third kappa shape index (κ3) is 3.43. The standard InChI is InChI=1S/C3H7NOSi/c4-3(5)1-2-6/h1-2H,6H3,(H2,4,5). The van der Waals surface area contributed by atoms with Crippen LogP contribution in [0.5, 0.6) is 0 Å². The lowest BCUT2D eigenvalue weighted by Gasteiger charge is -1.70. The molecule has 0 heterocycles. The minimum absolute atomic E-state index is 0.356. The average molecular weight is 101 g/mol. The molecule has 2 N–H and O–H groups in total. The van der Waals surface area contributed by atoms with Crippen molar-refractivity contribution >= 4 is 16.1 Å². The van der Waals surface area contributed by atoms with Crippen molar-refractivity contribution in [3.63, 3.8) is 0 Å². The molecule has 0 aliphatic carbocycles. The molecule has 1 amide bonds. The van der Waals surface area contributed by atoms with Gasteiger partial charge in [0.05, 0.1) is 0 Å². The fraction of sp³-hybridized carbons (Fsp3) is 0. The van der Waals surface area contributed by atoms with Gasteiger partial charge < -0.3 is 5.73 Å². The summed E-state index contributed by atoms with van der Waals surface area (Å²) in [6.45, 7) is 0. The second kappa shape index (κ2) is 2.65. The molecule has 0 bridgehead atoms. The van der Waals surface area contributed by atoms with Gasteiger partial charge in [-0.15, -0.1) is 0 Å². The molecule has 0 aliphatic rings. The van der Waals surface area contributed by atoms with Gasteiger partial charge in [0.2, 0.25) is 5.91 Å². The van der Waals surface area contributed by atoms with Crippen molar-refractivity contribution < 1.29 is 4.79 Å². The summed E-state index contributed by atoms with van der Waals surface area (Å²) in [6, 6.07) is 0. The molecule has 0 aliphatic heterocycles. The van der Waals surface area contributed by atoms with Crippen LogP contribution < -0.4 is 5.73 Å². The minimum Gasteiger partial charge on any atom is -0.366 e. The molecule has 34 valence electrons. The highest BCUT2D eigenvalue weighted by molar-refractivity contribution is 6.18. The Bertz CT molecular complexity index is 78.9. The van der Waals surface area contributed by atoms with E-state index < -0.39 is 0 Å². The molecule has 3 heteroatoms. The van der Waals surface area contributed by atoms with Crippen LogP contribution in [0.15, 0.2) is 11.8 Å². The monoisotopic (exact) mass is 101 g/mol. The zero-order valence-corrected chi connectivity index (χ0v) is 5.64. The van der Waals surface area contributed by atoms with Crippen LogP contribution in [0.2, 0.25) is 0 Å². The van der Waals surface area contributed by atoms with Crippen LogP contribution in [0, 0.1) is 0 Å². The van der Waals surface area contributed by atoms with Gasteiger partial charge in [-0.25, -0.2) is 0 Å². The van der Waals surface area contributed by atoms with E-state index >= 15 is 0 Å². The largest absolute Gasteiger partial charge is 0.366 e. The summed E-state index contributed by atoms with van der Waals surface area (Å²) in [5, 5.41) is 0. The van der Waals surface area contributed by atoms with Gasteiger partial charge in [-0.1, -0.05) is 5.70 Å². The Hall–Kier alpha value is -0.573. The molecule has 0 saturated heterocycles. The highest BCUT2D eigenvalue weighted by Gasteiger charge is 1.73. The minimum atomic E-state index is -0.356. The second-order valence-corrected chi connectivity index (χ2v) is 1.57. The van der Waals surface area contributed by atoms with Gasteiger partial charge in [0, 0.05) is 10.2 Å². The van der Waals surface area contributed by atoms with Gasteiger partial charge >= 0.3 is 0 Å². The van der Waals surface area contributed by atoms with Crippen LogP contribution in [-0.2, 0) is 4.79 Å². The van der Waals surface area contributed by atoms with Crippen LogP contribution in [0.4, 0.5) is 0 Å². The molecule has 0 aromatic carbocycles. The van der Waals surface area contributed by atoms with Crippen LogP contribution in [0.1, 0.15) is 0 Å². The third-order valence-electron chi connectivity index (χ3n) is 0.331. The maximum atomic E-state index is 9.76. The van der Waals surface area contributed by atoms with E-state index in [4.69, 9.17) is 5.73 Å². The Kier molecular flexibility index (Phi) is 2.40. The molecule has 0 unspecified atom stereocenters. The number of amides is 1. The predicted molar refractivity (Wildman–Crippen MR) is 28.3 cm³/mol. The zero-order chi connectivity index (χ0) is 4.99. The van der Waals surface area contributed by atoms with Crippen LogP contribution in [0.3, 0.4) is 0 Å². The van der Waals surface area contributed by atoms with E-state index in [1.54, 1.807) is 5.70 Å². The number of primary amides is 1. The number of carbonyl (C=O) groups excluding carboxylic acids is 1. The van der Waals surface area contributed by atoms with E-state index in [1.807, 2.05) is 0 Å². The number of hydrogen-bond acceptors (Lipinski definition) is 1. The zero-order valence-electron chi connectivity index (χ0n) is 3.64. The fourth-order valence-electron chi connectivity index (χ4n) is 0.164. The normalized spacial score (nSPS) is 10.0. The molecule has 6 heavy (non-hydrogen) atoms. The first-order valence-electron chi connectivity index (χ1n) is 1.69. The topological polar surface area (TPSA) is 43.1 Å². The summed E-state index contributed by atoms with van der Waals surface area (Å²) in [6.07, 6.45) is 1.37. The predicted octanol–water partition coefficient (Wildman–Crippen LogP) is -1.65. The summed E-state index contributed by atoms with van der Waals surface area (Å²) < 4.78 is 0. The van der Waals surface area contributed by atoms with E-state index in [2.05, 4.69) is 0 Å². The number of carbonyl (C=O) groups is 1. The molecule has 0 saturated carbocycles. The van der Waals surface area contributed by atoms with E-state index in [9.17, 15) is 4.79 Å². The van der Waals surface area contributed by atoms with Gasteiger partial charge in [0.25, 0.3) is 0 Å². The highest BCUT2D eigenvalue weighted by atomic mass is 28.1. The van der Waals surface area contributed by atoms with E-state index in [-0.39, 0.29) is 5.91 Å². The molecule has 0 aromatic rings. The molecule has 0 fully saturated rings. The van der Waals surface area contributed by atoms with Crippen molar-refractivity contribution in [3.8, 4) is 0 Å². The molecule has 2 nitrogen and oxygen atoms in total. The fourth-order valence-corrected chi connectivity index (χ4v) is 0.493. The lowest BCUT2D eigenvalue weighted by molar-refractivity contribution is -0.113. The summed E-state index contributed by atoms with van der Waals surface area (Å²) in [7, 11) is 0.905. The summed E-state index contributed by atoms with van der Waals surface area (Å²) in [5.41, 5.74) is 6.44. The van der Waals surface area contributed by atoms with Gasteiger partial charge in [0.15, 0.2) is 0 Å². The summed E-state index contributed by atoms with van der Waals surface area (Å²) in [5.74, 6) is -0.356. The summed E-state index contributed by atoms with van der Waals surface area (Å²) >= 11 is 0. The molecule has 0 atom stereocenters. The van der Waals surface area contributed by atoms with Crippen molar-refractivity contribution in [2.45, 2.75) is 0 Å². The van der Waals surface area contributed by atoms with Crippen LogP contribution in [0.25, 0.3) is 0 Å². The average Bonchev–Trinajstić information content (AvgIpc) is 1.35. The smallest absolute Gasteiger partial charge is 0.240 e. The molecule has 0 aromatic heterocycles. The van der Waals surface area contributed by atoms with Crippen molar-refractivity contribution in [2.75, 3.05) is 0 Å².